The Morgan fingerprint density at radius 3 is 2.66 bits per heavy atom. The Hall–Kier alpha value is -3.47. The molecule has 1 N–H and O–H groups in total. The first kappa shape index (κ1) is 17.6. The maximum absolute atomic E-state index is 4.80. The van der Waals surface area contributed by atoms with Crippen LogP contribution in [0.5, 0.6) is 0 Å². The molecule has 5 rings (SSSR count). The van der Waals surface area contributed by atoms with Gasteiger partial charge < -0.3 is 9.88 Å². The highest BCUT2D eigenvalue weighted by molar-refractivity contribution is 5.83. The number of fused-ring (bicyclic) bond motifs is 3. The van der Waals surface area contributed by atoms with Crippen molar-refractivity contribution in [2.24, 2.45) is 4.99 Å². The third kappa shape index (κ3) is 3.09. The van der Waals surface area contributed by atoms with E-state index in [0.29, 0.717) is 5.62 Å². The molecule has 0 radical (unpaired) electrons. The maximum atomic E-state index is 4.80. The normalized spacial score (nSPS) is 13.6. The van der Waals surface area contributed by atoms with E-state index in [-0.39, 0.29) is 0 Å². The van der Waals surface area contributed by atoms with Crippen molar-refractivity contribution in [3.8, 4) is 22.5 Å². The van der Waals surface area contributed by atoms with Crippen LogP contribution in [0.2, 0.25) is 0 Å². The smallest absolute Gasteiger partial charge is 0.251 e. The van der Waals surface area contributed by atoms with Crippen LogP contribution in [0.4, 0.5) is 11.5 Å². The first-order valence-electron chi connectivity index (χ1n) is 9.92. The van der Waals surface area contributed by atoms with Crippen LogP contribution in [0, 0.1) is 20.8 Å². The predicted molar refractivity (Wildman–Crippen MR) is 116 cm³/mol. The van der Waals surface area contributed by atoms with E-state index in [1.807, 2.05) is 37.4 Å². The minimum absolute atomic E-state index is 0.493. The number of rotatable bonds is 2. The summed E-state index contributed by atoms with van der Waals surface area (Å²) in [5.74, 6) is 2.03. The van der Waals surface area contributed by atoms with Crippen molar-refractivity contribution in [3.63, 3.8) is 0 Å². The summed E-state index contributed by atoms with van der Waals surface area (Å²) < 4.78 is 2.25. The number of para-hydroxylation sites is 1. The summed E-state index contributed by atoms with van der Waals surface area (Å²) >= 11 is 0. The first-order valence-corrected chi connectivity index (χ1v) is 9.92. The Bertz CT molecular complexity index is 1270. The molecule has 2 aromatic rings. The lowest BCUT2D eigenvalue weighted by atomic mass is 9.97. The molecule has 144 valence electrons. The van der Waals surface area contributed by atoms with Gasteiger partial charge in [-0.3, -0.25) is 0 Å². The number of anilines is 1. The molecule has 2 aromatic carbocycles. The highest BCUT2D eigenvalue weighted by Crippen LogP contribution is 2.38. The van der Waals surface area contributed by atoms with Gasteiger partial charge in [0.2, 0.25) is 0 Å². The molecule has 3 heterocycles. The van der Waals surface area contributed by atoms with Crippen LogP contribution in [0.3, 0.4) is 0 Å². The summed E-state index contributed by atoms with van der Waals surface area (Å²) in [7, 11) is 0. The molecule has 5 nitrogen and oxygen atoms in total. The number of aryl methyl sites for hydroxylation is 3. The molecule has 0 saturated carbocycles. The molecule has 0 aromatic heterocycles. The van der Waals surface area contributed by atoms with Crippen LogP contribution in [0.15, 0.2) is 59.7 Å². The molecular formula is C24H23N5. The van der Waals surface area contributed by atoms with Gasteiger partial charge in [-0.2, -0.15) is 4.98 Å². The van der Waals surface area contributed by atoms with Gasteiger partial charge in [0, 0.05) is 30.4 Å². The van der Waals surface area contributed by atoms with Crippen molar-refractivity contribution in [2.45, 2.75) is 27.3 Å². The molecule has 0 saturated heterocycles. The average molecular weight is 381 g/mol. The lowest BCUT2D eigenvalue weighted by molar-refractivity contribution is 0.780. The zero-order chi connectivity index (χ0) is 20.0. The van der Waals surface area contributed by atoms with Gasteiger partial charge in [0.1, 0.15) is 11.6 Å². The van der Waals surface area contributed by atoms with Gasteiger partial charge in [-0.25, -0.2) is 9.98 Å². The predicted octanol–water partition coefficient (Wildman–Crippen LogP) is 4.63. The van der Waals surface area contributed by atoms with Crippen LogP contribution >= 0.6 is 0 Å². The summed E-state index contributed by atoms with van der Waals surface area (Å²) in [4.78, 5) is 14.0. The van der Waals surface area contributed by atoms with Crippen LogP contribution in [-0.2, 0) is 6.54 Å². The topological polar surface area (TPSA) is 55.1 Å². The third-order valence-electron chi connectivity index (χ3n) is 5.50. The second kappa shape index (κ2) is 6.85. The Labute approximate surface area is 170 Å². The van der Waals surface area contributed by atoms with Crippen molar-refractivity contribution in [3.05, 3.63) is 77.0 Å². The van der Waals surface area contributed by atoms with Crippen LogP contribution in [0.25, 0.3) is 22.5 Å². The van der Waals surface area contributed by atoms with E-state index in [1.54, 1.807) is 0 Å². The number of nitrogens with one attached hydrogen (secondary N) is 1. The summed E-state index contributed by atoms with van der Waals surface area (Å²) in [6.07, 6.45) is 1.89. The number of hydrogen-bond donors (Lipinski definition) is 1. The van der Waals surface area contributed by atoms with Gasteiger partial charge in [-0.15, -0.1) is 0 Å². The number of hydrogen-bond acceptors (Lipinski definition) is 4. The molecule has 0 spiro atoms. The zero-order valence-electron chi connectivity index (χ0n) is 16.9. The highest BCUT2D eigenvalue weighted by Gasteiger charge is 2.22. The van der Waals surface area contributed by atoms with E-state index in [4.69, 9.17) is 4.98 Å². The lowest BCUT2D eigenvalue weighted by Gasteiger charge is -2.18. The Morgan fingerprint density at radius 1 is 0.966 bits per heavy atom. The lowest BCUT2D eigenvalue weighted by Crippen LogP contribution is -2.17. The van der Waals surface area contributed by atoms with E-state index in [9.17, 15) is 0 Å². The average Bonchev–Trinajstić information content (AvgIpc) is 3.20. The fourth-order valence-electron chi connectivity index (χ4n) is 4.03. The van der Waals surface area contributed by atoms with Crippen molar-refractivity contribution < 1.29 is 0 Å². The molecule has 0 bridgehead atoms. The monoisotopic (exact) mass is 381 g/mol. The standard InChI is InChI=1S/C24H23N5/c1-15-8-9-19(17(3)12-15)20-13-18-14-26-24(27-21-7-5-4-6-16(21)2)28-22(18)29-11-10-25-23(20)29/h4-9,12-14,25H,10-11H2,1-3H3. The second-order valence-electron chi connectivity index (χ2n) is 7.65. The molecular weight excluding hydrogens is 358 g/mol. The Morgan fingerprint density at radius 2 is 1.83 bits per heavy atom. The number of benzene rings is 2. The SMILES string of the molecule is Cc1ccc(-c2cc3cnc(=Nc4ccccc4C)nc-3n3c2NCC3)c(C)c1. The molecule has 3 aliphatic heterocycles. The third-order valence-corrected chi connectivity index (χ3v) is 5.50. The summed E-state index contributed by atoms with van der Waals surface area (Å²) in [5.41, 5.74) is 8.51. The molecule has 0 aliphatic carbocycles. The van der Waals surface area contributed by atoms with Crippen molar-refractivity contribution in [1.82, 2.24) is 14.5 Å². The largest absolute Gasteiger partial charge is 0.369 e. The van der Waals surface area contributed by atoms with Gasteiger partial charge >= 0.3 is 0 Å². The van der Waals surface area contributed by atoms with Crippen molar-refractivity contribution >= 4 is 11.5 Å². The summed E-state index contributed by atoms with van der Waals surface area (Å²) in [6.45, 7) is 8.12. The molecule has 0 amide bonds. The molecule has 5 heteroatoms. The fourth-order valence-corrected chi connectivity index (χ4v) is 4.03. The van der Waals surface area contributed by atoms with Crippen molar-refractivity contribution in [2.75, 3.05) is 11.9 Å². The van der Waals surface area contributed by atoms with Gasteiger partial charge in [0.25, 0.3) is 5.62 Å². The minimum atomic E-state index is 0.493. The van der Waals surface area contributed by atoms with Gasteiger partial charge in [-0.05, 0) is 49.6 Å². The minimum Gasteiger partial charge on any atom is -0.369 e. The van der Waals surface area contributed by atoms with Gasteiger partial charge in [0.05, 0.1) is 5.69 Å². The number of nitrogens with zero attached hydrogens (tertiary/aromatic N) is 4. The summed E-state index contributed by atoms with van der Waals surface area (Å²) in [6, 6.07) is 16.8. The van der Waals surface area contributed by atoms with Crippen LogP contribution in [-0.4, -0.2) is 21.1 Å². The molecule has 29 heavy (non-hydrogen) atoms. The summed E-state index contributed by atoms with van der Waals surface area (Å²) in [5, 5.41) is 3.55. The quantitative estimate of drug-likeness (QED) is 0.551. The van der Waals surface area contributed by atoms with E-state index < -0.39 is 0 Å². The molecule has 0 fully saturated rings. The Kier molecular flexibility index (Phi) is 4.16. The van der Waals surface area contributed by atoms with E-state index in [0.717, 1.165) is 41.5 Å². The van der Waals surface area contributed by atoms with Crippen molar-refractivity contribution in [1.29, 1.82) is 0 Å². The second-order valence-corrected chi connectivity index (χ2v) is 7.65. The van der Waals surface area contributed by atoms with Crippen LogP contribution in [0.1, 0.15) is 16.7 Å². The van der Waals surface area contributed by atoms with E-state index in [1.165, 1.54) is 22.3 Å². The fraction of sp³-hybridized carbons (Fsp3) is 0.208. The first-order chi connectivity index (χ1) is 14.1. The Balaban J connectivity index is 1.72. The molecule has 3 aliphatic rings. The maximum Gasteiger partial charge on any atom is 0.251 e. The highest BCUT2D eigenvalue weighted by atomic mass is 15.2. The van der Waals surface area contributed by atoms with Gasteiger partial charge in [0.15, 0.2) is 0 Å². The van der Waals surface area contributed by atoms with Gasteiger partial charge in [-0.1, -0.05) is 42.0 Å². The zero-order valence-corrected chi connectivity index (χ0v) is 16.9. The number of aromatic nitrogens is 3. The molecule has 0 atom stereocenters. The van der Waals surface area contributed by atoms with E-state index in [2.05, 4.69) is 58.0 Å². The van der Waals surface area contributed by atoms with Crippen LogP contribution < -0.4 is 10.9 Å². The van der Waals surface area contributed by atoms with E-state index >= 15 is 0 Å². The number of pyridine rings is 1. The molecule has 0 unspecified atom stereocenters.